The van der Waals surface area contributed by atoms with Crippen LogP contribution in [0.3, 0.4) is 0 Å². The van der Waals surface area contributed by atoms with Gasteiger partial charge in [0.25, 0.3) is 0 Å². The number of anilines is 2. The van der Waals surface area contributed by atoms with Crippen LogP contribution in [0.15, 0.2) is 54.7 Å². The normalized spacial score (nSPS) is 10.2. The maximum absolute atomic E-state index is 9.27. The summed E-state index contributed by atoms with van der Waals surface area (Å²) in [5, 5.41) is 13.5. The van der Waals surface area contributed by atoms with Crippen LogP contribution in [0, 0.1) is 14.9 Å². The number of nitriles is 1. The zero-order valence-electron chi connectivity index (χ0n) is 10.5. The van der Waals surface area contributed by atoms with Gasteiger partial charge in [-0.25, -0.2) is 0 Å². The quantitative estimate of drug-likeness (QED) is 0.677. The first-order valence-electron chi connectivity index (χ1n) is 6.08. The Labute approximate surface area is 130 Å². The van der Waals surface area contributed by atoms with Crippen molar-refractivity contribution in [3.8, 4) is 6.07 Å². The lowest BCUT2D eigenvalue weighted by atomic mass is 10.1. The molecule has 0 saturated heterocycles. The minimum Gasteiger partial charge on any atom is -0.354 e. The van der Waals surface area contributed by atoms with Gasteiger partial charge in [0.2, 0.25) is 0 Å². The zero-order valence-corrected chi connectivity index (χ0v) is 12.6. The number of benzene rings is 2. The van der Waals surface area contributed by atoms with Gasteiger partial charge in [-0.3, -0.25) is 4.98 Å². The number of nitrogens with zero attached hydrogens (tertiary/aromatic N) is 2. The van der Waals surface area contributed by atoms with Crippen LogP contribution in [0.1, 0.15) is 5.56 Å². The third-order valence-electron chi connectivity index (χ3n) is 3.01. The molecule has 0 unspecified atom stereocenters. The summed E-state index contributed by atoms with van der Waals surface area (Å²) < 4.78 is 1.17. The van der Waals surface area contributed by atoms with E-state index in [0.717, 1.165) is 22.3 Å². The van der Waals surface area contributed by atoms with Crippen LogP contribution in [-0.4, -0.2) is 4.98 Å². The molecule has 1 N–H and O–H groups in total. The molecule has 96 valence electrons. The lowest BCUT2D eigenvalue weighted by Crippen LogP contribution is -1.96. The smallest absolute Gasteiger partial charge is 0.103 e. The first-order valence-corrected chi connectivity index (χ1v) is 7.16. The van der Waals surface area contributed by atoms with Crippen molar-refractivity contribution >= 4 is 44.9 Å². The molecule has 0 atom stereocenters. The number of halogens is 1. The van der Waals surface area contributed by atoms with E-state index >= 15 is 0 Å². The molecular formula is C16H10IN3. The summed E-state index contributed by atoms with van der Waals surface area (Å²) in [5.41, 5.74) is 3.18. The van der Waals surface area contributed by atoms with Crippen LogP contribution in [0.25, 0.3) is 10.9 Å². The third kappa shape index (κ3) is 2.45. The highest BCUT2D eigenvalue weighted by molar-refractivity contribution is 14.1. The molecule has 0 spiro atoms. The van der Waals surface area contributed by atoms with E-state index in [1.165, 1.54) is 3.57 Å². The molecule has 4 heteroatoms. The van der Waals surface area contributed by atoms with Crippen molar-refractivity contribution in [3.05, 3.63) is 63.9 Å². The molecule has 0 aliphatic carbocycles. The minimum atomic E-state index is 0.544. The molecule has 0 amide bonds. The molecule has 0 aliphatic rings. The summed E-state index contributed by atoms with van der Waals surface area (Å²) >= 11 is 2.27. The van der Waals surface area contributed by atoms with E-state index < -0.39 is 0 Å². The van der Waals surface area contributed by atoms with Gasteiger partial charge >= 0.3 is 0 Å². The van der Waals surface area contributed by atoms with Crippen molar-refractivity contribution in [1.82, 2.24) is 4.98 Å². The molecule has 3 nitrogen and oxygen atoms in total. The lowest BCUT2D eigenvalue weighted by molar-refractivity contribution is 1.36. The fraction of sp³-hybridized carbons (Fsp3) is 0. The fourth-order valence-electron chi connectivity index (χ4n) is 2.04. The second-order valence-electron chi connectivity index (χ2n) is 4.31. The van der Waals surface area contributed by atoms with Crippen LogP contribution in [-0.2, 0) is 0 Å². The Morgan fingerprint density at radius 1 is 1.05 bits per heavy atom. The van der Waals surface area contributed by atoms with Crippen LogP contribution in [0.5, 0.6) is 0 Å². The molecule has 2 aromatic carbocycles. The predicted octanol–water partition coefficient (Wildman–Crippen LogP) is 4.45. The van der Waals surface area contributed by atoms with E-state index in [1.807, 2.05) is 48.5 Å². The summed E-state index contributed by atoms with van der Waals surface area (Å²) in [7, 11) is 0. The molecule has 3 aromatic rings. The van der Waals surface area contributed by atoms with Gasteiger partial charge in [0.15, 0.2) is 0 Å². The van der Waals surface area contributed by atoms with Gasteiger partial charge in [0, 0.05) is 20.8 Å². The monoisotopic (exact) mass is 371 g/mol. The number of nitrogens with one attached hydrogen (secondary N) is 1. The van der Waals surface area contributed by atoms with E-state index in [9.17, 15) is 5.26 Å². The van der Waals surface area contributed by atoms with E-state index in [2.05, 4.69) is 39.0 Å². The molecule has 0 aliphatic heterocycles. The van der Waals surface area contributed by atoms with E-state index in [1.54, 1.807) is 6.20 Å². The number of para-hydroxylation sites is 1. The Hall–Kier alpha value is -2.13. The number of fused-ring (bicyclic) bond motifs is 1. The van der Waals surface area contributed by atoms with Crippen molar-refractivity contribution in [1.29, 1.82) is 5.26 Å². The molecule has 3 rings (SSSR count). The third-order valence-corrected chi connectivity index (χ3v) is 3.73. The second kappa shape index (κ2) is 5.47. The van der Waals surface area contributed by atoms with Gasteiger partial charge in [-0.05, 0) is 52.9 Å². The van der Waals surface area contributed by atoms with E-state index in [-0.39, 0.29) is 0 Å². The maximum atomic E-state index is 9.27. The van der Waals surface area contributed by atoms with Crippen molar-refractivity contribution in [2.75, 3.05) is 5.32 Å². The second-order valence-corrected chi connectivity index (χ2v) is 5.55. The fourth-order valence-corrected chi connectivity index (χ4v) is 2.40. The Morgan fingerprint density at radius 2 is 1.80 bits per heavy atom. The van der Waals surface area contributed by atoms with Crippen molar-refractivity contribution in [3.63, 3.8) is 0 Å². The Kier molecular flexibility index (Phi) is 3.52. The van der Waals surface area contributed by atoms with Gasteiger partial charge in [-0.1, -0.05) is 18.2 Å². The summed E-state index contributed by atoms with van der Waals surface area (Å²) in [6.07, 6.45) is 1.61. The van der Waals surface area contributed by atoms with Crippen molar-refractivity contribution < 1.29 is 0 Å². The molecule has 20 heavy (non-hydrogen) atoms. The summed E-state index contributed by atoms with van der Waals surface area (Å²) in [6, 6.07) is 18.0. The van der Waals surface area contributed by atoms with Crippen LogP contribution >= 0.6 is 22.6 Å². The largest absolute Gasteiger partial charge is 0.354 e. The molecule has 0 saturated carbocycles. The average Bonchev–Trinajstić information content (AvgIpc) is 2.50. The van der Waals surface area contributed by atoms with Crippen LogP contribution in [0.2, 0.25) is 0 Å². The topological polar surface area (TPSA) is 48.7 Å². The van der Waals surface area contributed by atoms with Gasteiger partial charge < -0.3 is 5.32 Å². The highest BCUT2D eigenvalue weighted by Gasteiger charge is 2.08. The van der Waals surface area contributed by atoms with Crippen LogP contribution < -0.4 is 5.32 Å². The first kappa shape index (κ1) is 12.9. The molecule has 1 aromatic heterocycles. The van der Waals surface area contributed by atoms with Gasteiger partial charge in [-0.15, -0.1) is 0 Å². The summed E-state index contributed by atoms with van der Waals surface area (Å²) in [6.45, 7) is 0. The van der Waals surface area contributed by atoms with Gasteiger partial charge in [0.1, 0.15) is 6.07 Å². The molecule has 1 heterocycles. The lowest BCUT2D eigenvalue weighted by Gasteiger charge is -2.11. The number of rotatable bonds is 2. The molecule has 0 radical (unpaired) electrons. The van der Waals surface area contributed by atoms with Gasteiger partial charge in [-0.2, -0.15) is 5.26 Å². The number of hydrogen-bond donors (Lipinski definition) is 1. The maximum Gasteiger partial charge on any atom is 0.103 e. The Bertz CT molecular complexity index is 804. The van der Waals surface area contributed by atoms with Gasteiger partial charge in [0.05, 0.1) is 16.8 Å². The summed E-state index contributed by atoms with van der Waals surface area (Å²) in [5.74, 6) is 0. The molecule has 0 fully saturated rings. The average molecular weight is 371 g/mol. The van der Waals surface area contributed by atoms with Crippen LogP contribution in [0.4, 0.5) is 11.4 Å². The Balaban J connectivity index is 2.14. The van der Waals surface area contributed by atoms with E-state index in [0.29, 0.717) is 5.56 Å². The highest BCUT2D eigenvalue weighted by Crippen LogP contribution is 2.28. The predicted molar refractivity (Wildman–Crippen MR) is 88.9 cm³/mol. The first-order chi connectivity index (χ1) is 9.78. The highest BCUT2D eigenvalue weighted by atomic mass is 127. The standard InChI is InChI=1S/C16H10IN3/c17-12-5-7-13(8-6-12)20-16-11(9-18)10-19-15-4-2-1-3-14(15)16/h1-8,10H,(H,19,20). The number of pyridine rings is 1. The molecule has 0 bridgehead atoms. The van der Waals surface area contributed by atoms with E-state index in [4.69, 9.17) is 0 Å². The number of hydrogen-bond acceptors (Lipinski definition) is 3. The zero-order chi connectivity index (χ0) is 13.9. The summed E-state index contributed by atoms with van der Waals surface area (Å²) in [4.78, 5) is 4.30. The van der Waals surface area contributed by atoms with Crippen molar-refractivity contribution in [2.45, 2.75) is 0 Å². The van der Waals surface area contributed by atoms with Crippen molar-refractivity contribution in [2.24, 2.45) is 0 Å². The SMILES string of the molecule is N#Cc1cnc2ccccc2c1Nc1ccc(I)cc1. The number of aromatic nitrogens is 1. The molecular weight excluding hydrogens is 361 g/mol. The minimum absolute atomic E-state index is 0.544. The Morgan fingerprint density at radius 3 is 2.55 bits per heavy atom.